The lowest BCUT2D eigenvalue weighted by Crippen LogP contribution is -2.49. The summed E-state index contributed by atoms with van der Waals surface area (Å²) in [6.07, 6.45) is 41.8. The van der Waals surface area contributed by atoms with Gasteiger partial charge in [-0.3, -0.25) is 14.4 Å². The summed E-state index contributed by atoms with van der Waals surface area (Å²) in [6.45, 7) is 8.56. The number of amides is 2. The van der Waals surface area contributed by atoms with Crippen LogP contribution in [0.4, 0.5) is 0 Å². The quantitative estimate of drug-likeness (QED) is 0.0470. The molecular formula is C49H97N3O4S. The molecule has 0 rings (SSSR count). The molecule has 0 heterocycles. The molecule has 0 aromatic carbocycles. The molecule has 8 heteroatoms. The maximum Gasteiger partial charge on any atom is 0.306 e. The van der Waals surface area contributed by atoms with E-state index in [4.69, 9.17) is 4.74 Å². The number of carbonyl (C=O) groups excluding carboxylic acids is 3. The fraction of sp³-hybridized carbons (Fsp3) is 0.939. The smallest absolute Gasteiger partial charge is 0.306 e. The van der Waals surface area contributed by atoms with Crippen molar-refractivity contribution in [2.24, 2.45) is 5.92 Å². The van der Waals surface area contributed by atoms with Crippen molar-refractivity contribution in [3.05, 3.63) is 0 Å². The number of ether oxygens (including phenoxy) is 1. The minimum atomic E-state index is -0.555. The normalized spacial score (nSPS) is 12.5. The van der Waals surface area contributed by atoms with E-state index in [1.807, 2.05) is 19.0 Å². The summed E-state index contributed by atoms with van der Waals surface area (Å²) in [5.41, 5.74) is 0. The zero-order valence-electron chi connectivity index (χ0n) is 38.7. The molecule has 7 nitrogen and oxygen atoms in total. The summed E-state index contributed by atoms with van der Waals surface area (Å²) in [5, 5.41) is 6.21. The van der Waals surface area contributed by atoms with Crippen molar-refractivity contribution in [2.75, 3.05) is 45.3 Å². The number of carbonyl (C=O) groups is 3. The third kappa shape index (κ3) is 39.9. The molecule has 338 valence electrons. The van der Waals surface area contributed by atoms with E-state index in [1.165, 1.54) is 161 Å². The second-order valence-electron chi connectivity index (χ2n) is 17.3. The third-order valence-electron chi connectivity index (χ3n) is 11.4. The van der Waals surface area contributed by atoms with Crippen molar-refractivity contribution in [1.82, 2.24) is 15.5 Å². The Hall–Kier alpha value is -1.28. The number of nitrogens with one attached hydrogen (secondary N) is 2. The Kier molecular flexibility index (Phi) is 43.3. The molecule has 0 aliphatic heterocycles. The second-order valence-corrected chi connectivity index (χ2v) is 18.6. The summed E-state index contributed by atoms with van der Waals surface area (Å²) in [5.74, 6) is 1.13. The van der Waals surface area contributed by atoms with Crippen molar-refractivity contribution in [3.8, 4) is 0 Å². The van der Waals surface area contributed by atoms with Gasteiger partial charge in [-0.25, -0.2) is 0 Å². The first-order chi connectivity index (χ1) is 27.8. The van der Waals surface area contributed by atoms with Crippen LogP contribution in [-0.2, 0) is 19.1 Å². The van der Waals surface area contributed by atoms with Gasteiger partial charge in [0.1, 0.15) is 6.04 Å². The van der Waals surface area contributed by atoms with E-state index in [2.05, 4.69) is 31.4 Å². The van der Waals surface area contributed by atoms with Gasteiger partial charge in [-0.2, -0.15) is 11.8 Å². The second kappa shape index (κ2) is 44.3. The number of hydrogen-bond donors (Lipinski definition) is 2. The van der Waals surface area contributed by atoms with Gasteiger partial charge < -0.3 is 20.3 Å². The summed E-state index contributed by atoms with van der Waals surface area (Å²) >= 11 is 1.66. The molecular weight excluding hydrogens is 727 g/mol. The van der Waals surface area contributed by atoms with Crippen LogP contribution in [0.3, 0.4) is 0 Å². The van der Waals surface area contributed by atoms with Gasteiger partial charge in [0.05, 0.1) is 13.0 Å². The molecule has 2 unspecified atom stereocenters. The lowest BCUT2D eigenvalue weighted by Gasteiger charge is -2.23. The highest BCUT2D eigenvalue weighted by atomic mass is 32.2. The summed E-state index contributed by atoms with van der Waals surface area (Å²) in [7, 11) is 3.97. The minimum Gasteiger partial charge on any atom is -0.466 e. The maximum atomic E-state index is 13.6. The zero-order chi connectivity index (χ0) is 41.9. The lowest BCUT2D eigenvalue weighted by molar-refractivity contribution is -0.143. The minimum absolute atomic E-state index is 0.0337. The number of thioether (sulfide) groups is 1. The van der Waals surface area contributed by atoms with Gasteiger partial charge in [-0.15, -0.1) is 0 Å². The van der Waals surface area contributed by atoms with E-state index in [9.17, 15) is 14.4 Å². The topological polar surface area (TPSA) is 87.7 Å². The van der Waals surface area contributed by atoms with Gasteiger partial charge in [0.2, 0.25) is 11.8 Å². The Labute approximate surface area is 359 Å². The Morgan fingerprint density at radius 2 is 0.912 bits per heavy atom. The van der Waals surface area contributed by atoms with Crippen LogP contribution in [0.15, 0.2) is 0 Å². The number of esters is 1. The van der Waals surface area contributed by atoms with E-state index in [1.54, 1.807) is 11.8 Å². The SMILES string of the molecule is CCCCCCCCCCCCCCCCCCCCCCOC(=O)CCSCCC(NC(=O)C(CCCCCC)CCCCCCCC)C(=O)NCCN(C)C. The van der Waals surface area contributed by atoms with Crippen molar-refractivity contribution in [2.45, 2.75) is 245 Å². The van der Waals surface area contributed by atoms with Crippen LogP contribution in [0, 0.1) is 5.92 Å². The lowest BCUT2D eigenvalue weighted by atomic mass is 9.93. The molecule has 0 saturated carbocycles. The molecule has 2 N–H and O–H groups in total. The van der Waals surface area contributed by atoms with Crippen molar-refractivity contribution in [3.63, 3.8) is 0 Å². The molecule has 0 aromatic rings. The van der Waals surface area contributed by atoms with Crippen LogP contribution < -0.4 is 10.6 Å². The van der Waals surface area contributed by atoms with Crippen LogP contribution in [0.5, 0.6) is 0 Å². The van der Waals surface area contributed by atoms with Gasteiger partial charge in [0.15, 0.2) is 0 Å². The Bertz CT molecular complexity index is 889. The van der Waals surface area contributed by atoms with Crippen molar-refractivity contribution in [1.29, 1.82) is 0 Å². The average Bonchev–Trinajstić information content (AvgIpc) is 3.19. The largest absolute Gasteiger partial charge is 0.466 e. The van der Waals surface area contributed by atoms with Crippen molar-refractivity contribution >= 4 is 29.5 Å². The van der Waals surface area contributed by atoms with E-state index in [0.717, 1.165) is 51.5 Å². The van der Waals surface area contributed by atoms with Crippen LogP contribution in [-0.4, -0.2) is 74.0 Å². The molecule has 57 heavy (non-hydrogen) atoms. The molecule has 0 fully saturated rings. The molecule has 0 saturated heterocycles. The van der Waals surface area contributed by atoms with E-state index >= 15 is 0 Å². The molecule has 0 radical (unpaired) electrons. The monoisotopic (exact) mass is 824 g/mol. The van der Waals surface area contributed by atoms with Crippen molar-refractivity contribution < 1.29 is 19.1 Å². The number of unbranched alkanes of at least 4 members (excludes halogenated alkanes) is 27. The highest BCUT2D eigenvalue weighted by Gasteiger charge is 2.25. The van der Waals surface area contributed by atoms with Gasteiger partial charge in [-0.1, -0.05) is 207 Å². The van der Waals surface area contributed by atoms with E-state index in [-0.39, 0.29) is 23.7 Å². The average molecular weight is 824 g/mol. The standard InChI is InChI=1S/C49H97N3O4S/c1-6-9-12-15-17-18-19-20-21-22-23-24-25-26-27-28-29-30-32-35-42-56-47(53)39-44-57-43-38-46(49(55)50-40-41-52(4)5)51-48(54)45(36-33-14-11-8-3)37-34-31-16-13-10-7-2/h45-46H,6-44H2,1-5H3,(H,50,55)(H,51,54). The molecule has 0 spiro atoms. The molecule has 0 bridgehead atoms. The summed E-state index contributed by atoms with van der Waals surface area (Å²) in [4.78, 5) is 41.3. The van der Waals surface area contributed by atoms with Gasteiger partial charge in [0.25, 0.3) is 0 Å². The predicted octanol–water partition coefficient (Wildman–Crippen LogP) is 13.4. The zero-order valence-corrected chi connectivity index (χ0v) is 39.5. The molecule has 0 aliphatic rings. The summed E-state index contributed by atoms with van der Waals surface area (Å²) < 4.78 is 5.52. The number of rotatable bonds is 45. The van der Waals surface area contributed by atoms with Crippen LogP contribution >= 0.6 is 11.8 Å². The molecule has 0 aromatic heterocycles. The Balaban J connectivity index is 4.20. The fourth-order valence-electron chi connectivity index (χ4n) is 7.55. The highest BCUT2D eigenvalue weighted by molar-refractivity contribution is 7.99. The van der Waals surface area contributed by atoms with Gasteiger partial charge in [0, 0.05) is 24.8 Å². The Morgan fingerprint density at radius 3 is 1.35 bits per heavy atom. The van der Waals surface area contributed by atoms with E-state index in [0.29, 0.717) is 37.5 Å². The van der Waals surface area contributed by atoms with Crippen LogP contribution in [0.25, 0.3) is 0 Å². The van der Waals surface area contributed by atoms with Crippen LogP contribution in [0.2, 0.25) is 0 Å². The Morgan fingerprint density at radius 1 is 0.509 bits per heavy atom. The molecule has 2 amide bonds. The van der Waals surface area contributed by atoms with Crippen LogP contribution in [0.1, 0.15) is 239 Å². The predicted molar refractivity (Wildman–Crippen MR) is 249 cm³/mol. The fourth-order valence-corrected chi connectivity index (χ4v) is 8.47. The van der Waals surface area contributed by atoms with E-state index < -0.39 is 6.04 Å². The first kappa shape index (κ1) is 55.7. The first-order valence-corrected chi connectivity index (χ1v) is 26.0. The molecule has 2 atom stereocenters. The number of likely N-dealkylation sites (N-methyl/N-ethyl adjacent to an activating group) is 1. The highest BCUT2D eigenvalue weighted by Crippen LogP contribution is 2.21. The number of nitrogens with zero attached hydrogens (tertiary/aromatic N) is 1. The molecule has 0 aliphatic carbocycles. The summed E-state index contributed by atoms with van der Waals surface area (Å²) in [6, 6.07) is -0.555. The number of hydrogen-bond acceptors (Lipinski definition) is 6. The first-order valence-electron chi connectivity index (χ1n) is 24.8. The van der Waals surface area contributed by atoms with Gasteiger partial charge >= 0.3 is 5.97 Å². The third-order valence-corrected chi connectivity index (χ3v) is 12.5. The maximum absolute atomic E-state index is 13.6. The van der Waals surface area contributed by atoms with Gasteiger partial charge in [-0.05, 0) is 45.5 Å².